The zero-order valence-electron chi connectivity index (χ0n) is 10.1. The molecule has 1 aliphatic rings. The minimum Gasteiger partial charge on any atom is -0.479 e. The fraction of sp³-hybridized carbons (Fsp3) is 0.545. The third-order valence-corrected chi connectivity index (χ3v) is 3.20. The maximum absolute atomic E-state index is 11.6. The summed E-state index contributed by atoms with van der Waals surface area (Å²) in [5.41, 5.74) is -0.427. The van der Waals surface area contributed by atoms with Gasteiger partial charge in [0.2, 0.25) is 5.91 Å². The lowest BCUT2D eigenvalue weighted by Gasteiger charge is -2.14. The number of amides is 1. The van der Waals surface area contributed by atoms with Crippen molar-refractivity contribution in [3.8, 4) is 0 Å². The molecule has 98 valence electrons. The number of H-pyrrole nitrogens is 1. The van der Waals surface area contributed by atoms with Crippen LogP contribution in [-0.2, 0) is 9.59 Å². The summed E-state index contributed by atoms with van der Waals surface area (Å²) in [6.07, 6.45) is 3.76. The van der Waals surface area contributed by atoms with Gasteiger partial charge in [0.1, 0.15) is 5.54 Å². The summed E-state index contributed by atoms with van der Waals surface area (Å²) in [5, 5.41) is 14.7. The first kappa shape index (κ1) is 12.6. The second-order valence-electron chi connectivity index (χ2n) is 4.44. The topological polar surface area (TPSA) is 107 Å². The number of nitrogens with one attached hydrogen (secondary N) is 3. The van der Waals surface area contributed by atoms with Gasteiger partial charge in [0, 0.05) is 30.8 Å². The van der Waals surface area contributed by atoms with Gasteiger partial charge < -0.3 is 20.7 Å². The highest BCUT2D eigenvalue weighted by Gasteiger charge is 2.63. The second kappa shape index (κ2) is 4.77. The van der Waals surface area contributed by atoms with Crippen LogP contribution < -0.4 is 10.6 Å². The Bertz CT molecular complexity index is 445. The normalized spacial score (nSPS) is 25.7. The van der Waals surface area contributed by atoms with Gasteiger partial charge in [-0.25, -0.2) is 9.78 Å². The summed E-state index contributed by atoms with van der Waals surface area (Å²) in [4.78, 5) is 29.7. The molecule has 18 heavy (non-hydrogen) atoms. The number of aromatic nitrogens is 2. The minimum atomic E-state index is -1.17. The van der Waals surface area contributed by atoms with Crippen molar-refractivity contribution in [1.82, 2.24) is 20.6 Å². The number of carboxylic acids is 1. The Morgan fingerprint density at radius 3 is 3.00 bits per heavy atom. The lowest BCUT2D eigenvalue weighted by Crippen LogP contribution is -2.45. The van der Waals surface area contributed by atoms with E-state index in [1.165, 1.54) is 6.33 Å². The highest BCUT2D eigenvalue weighted by Crippen LogP contribution is 2.50. The molecule has 1 aromatic heterocycles. The number of hydrogen-bond donors (Lipinski definition) is 4. The molecule has 0 aromatic carbocycles. The molecule has 7 nitrogen and oxygen atoms in total. The number of imidazole rings is 1. The maximum Gasteiger partial charge on any atom is 0.330 e. The molecule has 0 bridgehead atoms. The van der Waals surface area contributed by atoms with Crippen LogP contribution in [0.3, 0.4) is 0 Å². The van der Waals surface area contributed by atoms with E-state index in [0.29, 0.717) is 13.0 Å². The molecule has 2 unspecified atom stereocenters. The van der Waals surface area contributed by atoms with E-state index >= 15 is 0 Å². The number of nitrogens with zero attached hydrogens (tertiary/aromatic N) is 1. The smallest absolute Gasteiger partial charge is 0.330 e. The van der Waals surface area contributed by atoms with Crippen LogP contribution in [-0.4, -0.2) is 46.1 Å². The largest absolute Gasteiger partial charge is 0.479 e. The van der Waals surface area contributed by atoms with E-state index in [4.69, 9.17) is 0 Å². The fourth-order valence-corrected chi connectivity index (χ4v) is 2.07. The molecule has 0 saturated heterocycles. The van der Waals surface area contributed by atoms with Gasteiger partial charge in [-0.2, -0.15) is 0 Å². The predicted octanol–water partition coefficient (Wildman–Crippen LogP) is -0.554. The summed E-state index contributed by atoms with van der Waals surface area (Å²) in [6.45, 7) is 0.524. The van der Waals surface area contributed by atoms with Crippen molar-refractivity contribution in [1.29, 1.82) is 0 Å². The van der Waals surface area contributed by atoms with Crippen molar-refractivity contribution in [3.05, 3.63) is 18.2 Å². The van der Waals surface area contributed by atoms with Crippen LogP contribution in [0.1, 0.15) is 24.5 Å². The van der Waals surface area contributed by atoms with Crippen LogP contribution in [0.15, 0.2) is 12.5 Å². The first-order valence-corrected chi connectivity index (χ1v) is 5.77. The number of hydrogen-bond acceptors (Lipinski definition) is 4. The van der Waals surface area contributed by atoms with Gasteiger partial charge in [0.25, 0.3) is 0 Å². The first-order chi connectivity index (χ1) is 8.60. The Hall–Kier alpha value is -1.89. The lowest BCUT2D eigenvalue weighted by molar-refractivity contribution is -0.143. The Morgan fingerprint density at radius 1 is 1.67 bits per heavy atom. The molecular formula is C11H16N4O3. The quantitative estimate of drug-likeness (QED) is 0.543. The molecule has 7 heteroatoms. The van der Waals surface area contributed by atoms with Gasteiger partial charge in [0.15, 0.2) is 0 Å². The summed E-state index contributed by atoms with van der Waals surface area (Å²) in [5.74, 6) is -1.48. The average molecular weight is 252 g/mol. The van der Waals surface area contributed by atoms with E-state index in [9.17, 15) is 14.7 Å². The van der Waals surface area contributed by atoms with Crippen molar-refractivity contribution >= 4 is 11.9 Å². The van der Waals surface area contributed by atoms with Gasteiger partial charge in [-0.05, 0) is 13.5 Å². The van der Waals surface area contributed by atoms with Crippen LogP contribution in [0.2, 0.25) is 0 Å². The number of carboxylic acid groups (broad SMARTS) is 1. The molecule has 1 aromatic rings. The molecule has 1 aliphatic carbocycles. The van der Waals surface area contributed by atoms with Gasteiger partial charge in [-0.15, -0.1) is 0 Å². The van der Waals surface area contributed by atoms with Gasteiger partial charge in [0.05, 0.1) is 6.33 Å². The molecule has 2 atom stereocenters. The van der Waals surface area contributed by atoms with Crippen LogP contribution >= 0.6 is 0 Å². The molecule has 1 amide bonds. The Balaban J connectivity index is 2.03. The second-order valence-corrected chi connectivity index (χ2v) is 4.44. The highest BCUT2D eigenvalue weighted by molar-refractivity contribution is 5.91. The first-order valence-electron chi connectivity index (χ1n) is 5.77. The number of rotatable bonds is 6. The zero-order chi connectivity index (χ0) is 13.2. The standard InChI is InChI=1S/C11H16N4O3/c1-12-3-2-9(16)15-11(10(17)18)4-7(11)8-5-13-6-14-8/h5-7,12H,2-4H2,1H3,(H,13,14)(H,15,16)(H,17,18). The molecule has 4 N–H and O–H groups in total. The van der Waals surface area contributed by atoms with Crippen molar-refractivity contribution < 1.29 is 14.7 Å². The summed E-state index contributed by atoms with van der Waals surface area (Å²) in [7, 11) is 1.74. The monoisotopic (exact) mass is 252 g/mol. The SMILES string of the molecule is CNCCC(=O)NC1(C(=O)O)CC1c1cnc[nH]1. The van der Waals surface area contributed by atoms with E-state index in [1.807, 2.05) is 0 Å². The van der Waals surface area contributed by atoms with Gasteiger partial charge in [-0.1, -0.05) is 0 Å². The van der Waals surface area contributed by atoms with Crippen LogP contribution in [0.25, 0.3) is 0 Å². The van der Waals surface area contributed by atoms with E-state index in [1.54, 1.807) is 13.2 Å². The van der Waals surface area contributed by atoms with Crippen molar-refractivity contribution in [3.63, 3.8) is 0 Å². The summed E-state index contributed by atoms with van der Waals surface area (Å²) < 4.78 is 0. The number of carbonyl (C=O) groups is 2. The number of aromatic amines is 1. The third-order valence-electron chi connectivity index (χ3n) is 3.20. The Morgan fingerprint density at radius 2 is 2.44 bits per heavy atom. The maximum atomic E-state index is 11.6. The van der Waals surface area contributed by atoms with E-state index in [-0.39, 0.29) is 18.2 Å². The minimum absolute atomic E-state index is 0.226. The molecule has 1 saturated carbocycles. The van der Waals surface area contributed by atoms with E-state index in [0.717, 1.165) is 5.69 Å². The number of aliphatic carboxylic acids is 1. The molecule has 0 aliphatic heterocycles. The lowest BCUT2D eigenvalue weighted by atomic mass is 10.1. The Labute approximate surface area is 104 Å². The summed E-state index contributed by atoms with van der Waals surface area (Å²) in [6, 6.07) is 0. The van der Waals surface area contributed by atoms with Crippen molar-refractivity contribution in [2.45, 2.75) is 24.3 Å². The highest BCUT2D eigenvalue weighted by atomic mass is 16.4. The fourth-order valence-electron chi connectivity index (χ4n) is 2.07. The molecule has 1 heterocycles. The van der Waals surface area contributed by atoms with Crippen molar-refractivity contribution in [2.75, 3.05) is 13.6 Å². The molecule has 1 fully saturated rings. The van der Waals surface area contributed by atoms with Gasteiger partial charge >= 0.3 is 5.97 Å². The van der Waals surface area contributed by atoms with Crippen LogP contribution in [0.5, 0.6) is 0 Å². The molecule has 2 rings (SSSR count). The van der Waals surface area contributed by atoms with Crippen LogP contribution in [0, 0.1) is 0 Å². The average Bonchev–Trinajstić information content (AvgIpc) is 2.83. The van der Waals surface area contributed by atoms with Crippen LogP contribution in [0.4, 0.5) is 0 Å². The van der Waals surface area contributed by atoms with Gasteiger partial charge in [-0.3, -0.25) is 4.79 Å². The number of carbonyl (C=O) groups excluding carboxylic acids is 1. The van der Waals surface area contributed by atoms with E-state index < -0.39 is 11.5 Å². The molecule has 0 radical (unpaired) electrons. The predicted molar refractivity (Wildman–Crippen MR) is 63.0 cm³/mol. The van der Waals surface area contributed by atoms with Crippen molar-refractivity contribution in [2.24, 2.45) is 0 Å². The zero-order valence-corrected chi connectivity index (χ0v) is 10.1. The summed E-state index contributed by atoms with van der Waals surface area (Å²) >= 11 is 0. The molecular weight excluding hydrogens is 236 g/mol. The molecule has 0 spiro atoms. The van der Waals surface area contributed by atoms with E-state index in [2.05, 4.69) is 20.6 Å². The third kappa shape index (κ3) is 2.21. The Kier molecular flexibility index (Phi) is 3.33.